The maximum Gasteiger partial charge on any atom is 0.342 e. The van der Waals surface area contributed by atoms with Gasteiger partial charge in [0.25, 0.3) is 15.6 Å². The summed E-state index contributed by atoms with van der Waals surface area (Å²) in [6.45, 7) is 1.32. The molecule has 0 atom stereocenters. The van der Waals surface area contributed by atoms with E-state index in [9.17, 15) is 22.8 Å². The molecule has 21 heavy (non-hydrogen) atoms. The molecule has 0 spiro atoms. The zero-order chi connectivity index (χ0) is 15.6. The molecule has 1 aromatic heterocycles. The Morgan fingerprint density at radius 2 is 1.76 bits per heavy atom. The van der Waals surface area contributed by atoms with Gasteiger partial charge >= 0.3 is 5.69 Å². The van der Waals surface area contributed by atoms with Gasteiger partial charge in [-0.15, -0.1) is 0 Å². The Morgan fingerprint density at radius 3 is 2.29 bits per heavy atom. The minimum absolute atomic E-state index is 0.147. The second-order valence-corrected chi connectivity index (χ2v) is 5.93. The summed E-state index contributed by atoms with van der Waals surface area (Å²) in [4.78, 5) is 35.1. The van der Waals surface area contributed by atoms with E-state index < -0.39 is 21.3 Å². The third-order valence-electron chi connectivity index (χ3n) is 2.52. The largest absolute Gasteiger partial charge is 0.342 e. The van der Waals surface area contributed by atoms with E-state index in [0.717, 1.165) is 12.3 Å². The Balaban J connectivity index is 2.46. The number of H-pyrrole nitrogens is 1. The van der Waals surface area contributed by atoms with E-state index in [1.807, 2.05) is 4.98 Å². The molecule has 0 aliphatic heterocycles. The Morgan fingerprint density at radius 1 is 1.14 bits per heavy atom. The highest BCUT2D eigenvalue weighted by molar-refractivity contribution is 7.90. The molecule has 110 valence electrons. The van der Waals surface area contributed by atoms with E-state index in [1.165, 1.54) is 31.2 Å². The molecule has 2 aromatic rings. The molecular formula is C12H11N3O5S. The average molecular weight is 309 g/mol. The standard InChI is InChI=1S/C12H11N3O5S/c1-8(16)13-9-2-4-10(5-3-9)21(19,20)15-7-6-11(17)14-12(15)18/h2-7H,1H3,(H,13,16)(H,14,17,18). The summed E-state index contributed by atoms with van der Waals surface area (Å²) in [6, 6.07) is 6.22. The maximum atomic E-state index is 12.3. The average Bonchev–Trinajstić information content (AvgIpc) is 2.38. The van der Waals surface area contributed by atoms with Crippen molar-refractivity contribution >= 4 is 21.6 Å². The number of benzene rings is 1. The molecule has 1 aromatic carbocycles. The molecule has 0 radical (unpaired) electrons. The highest BCUT2D eigenvalue weighted by Crippen LogP contribution is 2.15. The minimum Gasteiger partial charge on any atom is -0.326 e. The van der Waals surface area contributed by atoms with Crippen molar-refractivity contribution in [1.29, 1.82) is 0 Å². The van der Waals surface area contributed by atoms with Crippen LogP contribution in [0.4, 0.5) is 5.69 Å². The summed E-state index contributed by atoms with van der Waals surface area (Å²) in [6.07, 6.45) is 0.887. The van der Waals surface area contributed by atoms with Crippen LogP contribution < -0.4 is 16.6 Å². The van der Waals surface area contributed by atoms with Gasteiger partial charge in [-0.1, -0.05) is 0 Å². The molecule has 1 amide bonds. The molecule has 2 rings (SSSR count). The van der Waals surface area contributed by atoms with Gasteiger partial charge in [0.15, 0.2) is 0 Å². The molecule has 0 bridgehead atoms. The van der Waals surface area contributed by atoms with Crippen LogP contribution in [0.5, 0.6) is 0 Å². The highest BCUT2D eigenvalue weighted by atomic mass is 32.2. The lowest BCUT2D eigenvalue weighted by Gasteiger charge is -2.07. The zero-order valence-electron chi connectivity index (χ0n) is 10.9. The molecule has 0 unspecified atom stereocenters. The van der Waals surface area contributed by atoms with Crippen LogP contribution in [0.25, 0.3) is 0 Å². The SMILES string of the molecule is CC(=O)Nc1ccc(S(=O)(=O)n2ccc(=O)[nH]c2=O)cc1. The zero-order valence-corrected chi connectivity index (χ0v) is 11.7. The molecule has 1 heterocycles. The van der Waals surface area contributed by atoms with Crippen molar-refractivity contribution in [2.45, 2.75) is 11.8 Å². The van der Waals surface area contributed by atoms with Gasteiger partial charge < -0.3 is 5.32 Å². The van der Waals surface area contributed by atoms with Gasteiger partial charge in [0.2, 0.25) is 5.91 Å². The van der Waals surface area contributed by atoms with Crippen LogP contribution in [-0.2, 0) is 14.8 Å². The molecule has 0 saturated carbocycles. The second kappa shape index (κ2) is 5.37. The number of rotatable bonds is 3. The van der Waals surface area contributed by atoms with Crippen molar-refractivity contribution in [2.75, 3.05) is 5.32 Å². The number of aromatic amines is 1. The first-order valence-corrected chi connectivity index (χ1v) is 7.20. The molecule has 8 nitrogen and oxygen atoms in total. The number of carbonyl (C=O) groups excluding carboxylic acids is 1. The van der Waals surface area contributed by atoms with E-state index in [4.69, 9.17) is 0 Å². The third kappa shape index (κ3) is 3.08. The Labute approximate surface area is 119 Å². The summed E-state index contributed by atoms with van der Waals surface area (Å²) in [5.41, 5.74) is -1.31. The lowest BCUT2D eigenvalue weighted by atomic mass is 10.3. The lowest BCUT2D eigenvalue weighted by Crippen LogP contribution is -2.33. The molecule has 2 N–H and O–H groups in total. The molecule has 0 aliphatic carbocycles. The molecule has 0 fully saturated rings. The van der Waals surface area contributed by atoms with Crippen LogP contribution in [0, 0.1) is 0 Å². The van der Waals surface area contributed by atoms with Gasteiger partial charge in [0, 0.05) is 24.9 Å². The summed E-state index contributed by atoms with van der Waals surface area (Å²) in [5, 5.41) is 2.49. The number of carbonyl (C=O) groups is 1. The van der Waals surface area contributed by atoms with E-state index in [2.05, 4.69) is 5.32 Å². The van der Waals surface area contributed by atoms with Crippen LogP contribution in [0.1, 0.15) is 6.92 Å². The second-order valence-electron chi connectivity index (χ2n) is 4.12. The number of hydrogen-bond donors (Lipinski definition) is 2. The van der Waals surface area contributed by atoms with E-state index in [0.29, 0.717) is 9.66 Å². The van der Waals surface area contributed by atoms with Gasteiger partial charge in [-0.25, -0.2) is 13.2 Å². The van der Waals surface area contributed by atoms with Crippen molar-refractivity contribution in [3.8, 4) is 0 Å². The van der Waals surface area contributed by atoms with Crippen LogP contribution in [0.2, 0.25) is 0 Å². The van der Waals surface area contributed by atoms with Gasteiger partial charge in [0.05, 0.1) is 4.90 Å². The molecule has 0 saturated heterocycles. The Bertz CT molecular complexity index is 893. The van der Waals surface area contributed by atoms with E-state index in [-0.39, 0.29) is 10.8 Å². The molecular weight excluding hydrogens is 298 g/mol. The monoisotopic (exact) mass is 309 g/mol. The lowest BCUT2D eigenvalue weighted by molar-refractivity contribution is -0.114. The normalized spacial score (nSPS) is 11.1. The molecule has 9 heteroatoms. The number of nitrogens with one attached hydrogen (secondary N) is 2. The highest BCUT2D eigenvalue weighted by Gasteiger charge is 2.18. The minimum atomic E-state index is -4.11. The fourth-order valence-corrected chi connectivity index (χ4v) is 2.81. The molecule has 0 aliphatic rings. The van der Waals surface area contributed by atoms with E-state index in [1.54, 1.807) is 0 Å². The fraction of sp³-hybridized carbons (Fsp3) is 0.0833. The smallest absolute Gasteiger partial charge is 0.326 e. The number of anilines is 1. The summed E-state index contributed by atoms with van der Waals surface area (Å²) >= 11 is 0. The predicted molar refractivity (Wildman–Crippen MR) is 74.7 cm³/mol. The number of aromatic nitrogens is 2. The van der Waals surface area contributed by atoms with Crippen LogP contribution in [0.15, 0.2) is 51.0 Å². The van der Waals surface area contributed by atoms with Crippen molar-refractivity contribution in [1.82, 2.24) is 8.96 Å². The topological polar surface area (TPSA) is 118 Å². The van der Waals surface area contributed by atoms with Crippen molar-refractivity contribution in [3.63, 3.8) is 0 Å². The Hall–Kier alpha value is -2.68. The van der Waals surface area contributed by atoms with Gasteiger partial charge in [-0.05, 0) is 24.3 Å². The van der Waals surface area contributed by atoms with Crippen LogP contribution in [0.3, 0.4) is 0 Å². The first-order valence-electron chi connectivity index (χ1n) is 5.76. The van der Waals surface area contributed by atoms with Crippen LogP contribution in [-0.4, -0.2) is 23.3 Å². The number of nitrogens with zero attached hydrogens (tertiary/aromatic N) is 1. The summed E-state index contributed by atoms with van der Waals surface area (Å²) in [5.74, 6) is -0.289. The van der Waals surface area contributed by atoms with Gasteiger partial charge in [0.1, 0.15) is 0 Å². The van der Waals surface area contributed by atoms with Gasteiger partial charge in [-0.3, -0.25) is 14.6 Å². The predicted octanol–water partition coefficient (Wildman–Crippen LogP) is -0.268. The van der Waals surface area contributed by atoms with Crippen molar-refractivity contribution in [3.05, 3.63) is 57.4 Å². The Kier molecular flexibility index (Phi) is 3.76. The fourth-order valence-electron chi connectivity index (χ4n) is 1.62. The van der Waals surface area contributed by atoms with Gasteiger partial charge in [-0.2, -0.15) is 3.97 Å². The van der Waals surface area contributed by atoms with Crippen LogP contribution >= 0.6 is 0 Å². The van der Waals surface area contributed by atoms with Crippen molar-refractivity contribution < 1.29 is 13.2 Å². The summed E-state index contributed by atoms with van der Waals surface area (Å²) in [7, 11) is -4.11. The van der Waals surface area contributed by atoms with Crippen molar-refractivity contribution in [2.24, 2.45) is 0 Å². The van der Waals surface area contributed by atoms with E-state index >= 15 is 0 Å². The quantitative estimate of drug-likeness (QED) is 0.809. The third-order valence-corrected chi connectivity index (χ3v) is 4.20. The number of hydrogen-bond acceptors (Lipinski definition) is 5. The first-order chi connectivity index (χ1) is 9.80. The first kappa shape index (κ1) is 14.7. The summed E-state index contributed by atoms with van der Waals surface area (Å²) < 4.78 is 24.9. The maximum absolute atomic E-state index is 12.3. The number of amides is 1.